The summed E-state index contributed by atoms with van der Waals surface area (Å²) in [6, 6.07) is 17.7. The number of nitrogens with two attached hydrogens (primary N) is 1. The Morgan fingerprint density at radius 2 is 1.77 bits per heavy atom. The monoisotopic (exact) mass is 288 g/mol. The molecule has 108 valence electrons. The van der Waals surface area contributed by atoms with Crippen LogP contribution in [0, 0.1) is 11.3 Å². The average molecular weight is 288 g/mol. The van der Waals surface area contributed by atoms with Crippen molar-refractivity contribution in [1.82, 2.24) is 9.55 Å². The van der Waals surface area contributed by atoms with Crippen molar-refractivity contribution in [2.24, 2.45) is 0 Å². The van der Waals surface area contributed by atoms with Gasteiger partial charge in [0.05, 0.1) is 18.2 Å². The number of nitrogen functional groups attached to an aromatic ring is 1. The van der Waals surface area contributed by atoms with Crippen LogP contribution in [-0.4, -0.2) is 9.55 Å². The van der Waals surface area contributed by atoms with Crippen LogP contribution in [0.1, 0.15) is 22.5 Å². The molecule has 0 amide bonds. The zero-order valence-corrected chi connectivity index (χ0v) is 12.1. The largest absolute Gasteiger partial charge is 0.398 e. The van der Waals surface area contributed by atoms with Gasteiger partial charge in [-0.3, -0.25) is 0 Å². The van der Waals surface area contributed by atoms with Gasteiger partial charge in [0.15, 0.2) is 0 Å². The van der Waals surface area contributed by atoms with Crippen molar-refractivity contribution < 1.29 is 0 Å². The summed E-state index contributed by atoms with van der Waals surface area (Å²) in [6.07, 6.45) is 4.39. The standard InChI is InChI=1S/C18H16N4/c19-12-15-6-1-2-7-16(15)13-22-10-9-21-18(22)11-14-5-3-4-8-17(14)20/h1-10H,11,13,20H2. The highest BCUT2D eigenvalue weighted by atomic mass is 15.1. The van der Waals surface area contributed by atoms with E-state index >= 15 is 0 Å². The summed E-state index contributed by atoms with van der Waals surface area (Å²) in [5, 5.41) is 9.20. The van der Waals surface area contributed by atoms with Gasteiger partial charge in [-0.25, -0.2) is 4.98 Å². The highest BCUT2D eigenvalue weighted by Crippen LogP contribution is 2.17. The molecule has 0 aliphatic rings. The Bertz CT molecular complexity index is 827. The highest BCUT2D eigenvalue weighted by Gasteiger charge is 2.08. The van der Waals surface area contributed by atoms with Gasteiger partial charge in [-0.05, 0) is 23.3 Å². The quantitative estimate of drug-likeness (QED) is 0.750. The molecule has 0 unspecified atom stereocenters. The van der Waals surface area contributed by atoms with Crippen LogP contribution in [0.25, 0.3) is 0 Å². The van der Waals surface area contributed by atoms with E-state index in [-0.39, 0.29) is 0 Å². The van der Waals surface area contributed by atoms with Crippen molar-refractivity contribution in [2.75, 3.05) is 5.73 Å². The maximum Gasteiger partial charge on any atom is 0.113 e. The van der Waals surface area contributed by atoms with Gasteiger partial charge < -0.3 is 10.3 Å². The van der Waals surface area contributed by atoms with Crippen LogP contribution in [0.3, 0.4) is 0 Å². The highest BCUT2D eigenvalue weighted by molar-refractivity contribution is 5.47. The second-order valence-corrected chi connectivity index (χ2v) is 5.12. The van der Waals surface area contributed by atoms with Gasteiger partial charge >= 0.3 is 0 Å². The number of nitrogens with zero attached hydrogens (tertiary/aromatic N) is 3. The molecule has 0 radical (unpaired) electrons. The first-order valence-electron chi connectivity index (χ1n) is 7.09. The number of benzene rings is 2. The molecule has 0 saturated heterocycles. The van der Waals surface area contributed by atoms with Crippen LogP contribution in [-0.2, 0) is 13.0 Å². The van der Waals surface area contributed by atoms with Gasteiger partial charge in [-0.15, -0.1) is 0 Å². The minimum absolute atomic E-state index is 0.631. The summed E-state index contributed by atoms with van der Waals surface area (Å²) in [7, 11) is 0. The third-order valence-corrected chi connectivity index (χ3v) is 3.68. The Morgan fingerprint density at radius 1 is 1.05 bits per heavy atom. The van der Waals surface area contributed by atoms with E-state index in [2.05, 4.69) is 15.6 Å². The lowest BCUT2D eigenvalue weighted by Gasteiger charge is -2.10. The number of rotatable bonds is 4. The van der Waals surface area contributed by atoms with Crippen molar-refractivity contribution in [2.45, 2.75) is 13.0 Å². The maximum absolute atomic E-state index is 9.20. The minimum atomic E-state index is 0.631. The molecule has 22 heavy (non-hydrogen) atoms. The minimum Gasteiger partial charge on any atom is -0.398 e. The summed E-state index contributed by atoms with van der Waals surface area (Å²) in [5.41, 5.74) is 9.52. The molecule has 4 nitrogen and oxygen atoms in total. The fraction of sp³-hybridized carbons (Fsp3) is 0.111. The van der Waals surface area contributed by atoms with E-state index in [1.807, 2.05) is 54.7 Å². The number of para-hydroxylation sites is 1. The third kappa shape index (κ3) is 2.84. The first kappa shape index (κ1) is 13.9. The van der Waals surface area contributed by atoms with Crippen LogP contribution in [0.5, 0.6) is 0 Å². The van der Waals surface area contributed by atoms with E-state index in [4.69, 9.17) is 5.73 Å². The Labute approximate surface area is 129 Å². The van der Waals surface area contributed by atoms with Gasteiger partial charge in [-0.1, -0.05) is 36.4 Å². The molecule has 1 aromatic heterocycles. The molecule has 2 aromatic carbocycles. The molecule has 0 bridgehead atoms. The van der Waals surface area contributed by atoms with E-state index in [1.165, 1.54) is 0 Å². The van der Waals surface area contributed by atoms with Crippen molar-refractivity contribution in [3.05, 3.63) is 83.4 Å². The molecule has 0 aliphatic heterocycles. The molecule has 3 aromatic rings. The molecular formula is C18H16N4. The molecule has 0 saturated carbocycles. The number of imidazole rings is 1. The summed E-state index contributed by atoms with van der Waals surface area (Å²) in [4.78, 5) is 4.43. The predicted molar refractivity (Wildman–Crippen MR) is 86.1 cm³/mol. The van der Waals surface area contributed by atoms with E-state index in [0.717, 1.165) is 22.6 Å². The van der Waals surface area contributed by atoms with Crippen molar-refractivity contribution in [3.63, 3.8) is 0 Å². The number of hydrogen-bond acceptors (Lipinski definition) is 3. The van der Waals surface area contributed by atoms with Gasteiger partial charge in [0, 0.05) is 24.5 Å². The number of aromatic nitrogens is 2. The molecule has 2 N–H and O–H groups in total. The Hall–Kier alpha value is -3.06. The second-order valence-electron chi connectivity index (χ2n) is 5.12. The molecule has 1 heterocycles. The van der Waals surface area contributed by atoms with Crippen LogP contribution in [0.15, 0.2) is 60.9 Å². The zero-order chi connectivity index (χ0) is 15.4. The van der Waals surface area contributed by atoms with E-state index in [1.54, 1.807) is 6.20 Å². The van der Waals surface area contributed by atoms with Gasteiger partial charge in [0.2, 0.25) is 0 Å². The first-order valence-corrected chi connectivity index (χ1v) is 7.09. The number of anilines is 1. The van der Waals surface area contributed by atoms with Crippen LogP contribution in [0.2, 0.25) is 0 Å². The molecule has 4 heteroatoms. The maximum atomic E-state index is 9.20. The normalized spacial score (nSPS) is 10.3. The van der Waals surface area contributed by atoms with Crippen molar-refractivity contribution in [1.29, 1.82) is 5.26 Å². The van der Waals surface area contributed by atoms with Gasteiger partial charge in [0.25, 0.3) is 0 Å². The van der Waals surface area contributed by atoms with Gasteiger partial charge in [-0.2, -0.15) is 5.26 Å². The first-order chi connectivity index (χ1) is 10.8. The van der Waals surface area contributed by atoms with Crippen LogP contribution >= 0.6 is 0 Å². The average Bonchev–Trinajstić information content (AvgIpc) is 2.97. The lowest BCUT2D eigenvalue weighted by Crippen LogP contribution is -2.07. The molecule has 0 fully saturated rings. The number of nitriles is 1. The molecule has 3 rings (SSSR count). The number of hydrogen-bond donors (Lipinski definition) is 1. The van der Waals surface area contributed by atoms with E-state index in [9.17, 15) is 5.26 Å². The lowest BCUT2D eigenvalue weighted by molar-refractivity contribution is 0.739. The van der Waals surface area contributed by atoms with E-state index in [0.29, 0.717) is 18.5 Å². The Balaban J connectivity index is 1.87. The lowest BCUT2D eigenvalue weighted by atomic mass is 10.1. The SMILES string of the molecule is N#Cc1ccccc1Cn1ccnc1Cc1ccccc1N. The summed E-state index contributed by atoms with van der Waals surface area (Å²) >= 11 is 0. The molecular weight excluding hydrogens is 272 g/mol. The van der Waals surface area contributed by atoms with Crippen molar-refractivity contribution >= 4 is 5.69 Å². The molecule has 0 spiro atoms. The summed E-state index contributed by atoms with van der Waals surface area (Å²) < 4.78 is 2.06. The fourth-order valence-corrected chi connectivity index (χ4v) is 2.47. The third-order valence-electron chi connectivity index (χ3n) is 3.68. The smallest absolute Gasteiger partial charge is 0.113 e. The fourth-order valence-electron chi connectivity index (χ4n) is 2.47. The summed E-state index contributed by atoms with van der Waals surface area (Å²) in [6.45, 7) is 0.631. The Kier molecular flexibility index (Phi) is 3.88. The predicted octanol–water partition coefficient (Wildman–Crippen LogP) is 2.98. The zero-order valence-electron chi connectivity index (χ0n) is 12.1. The van der Waals surface area contributed by atoms with Crippen LogP contribution in [0.4, 0.5) is 5.69 Å². The Morgan fingerprint density at radius 3 is 2.55 bits per heavy atom. The molecule has 0 aliphatic carbocycles. The topological polar surface area (TPSA) is 67.6 Å². The van der Waals surface area contributed by atoms with Crippen LogP contribution < -0.4 is 5.73 Å². The van der Waals surface area contributed by atoms with E-state index < -0.39 is 0 Å². The van der Waals surface area contributed by atoms with Crippen molar-refractivity contribution in [3.8, 4) is 6.07 Å². The summed E-state index contributed by atoms with van der Waals surface area (Å²) in [5.74, 6) is 0.936. The van der Waals surface area contributed by atoms with Gasteiger partial charge in [0.1, 0.15) is 5.82 Å². The second kappa shape index (κ2) is 6.15. The molecule has 0 atom stereocenters.